The number of esters is 1. The Balaban J connectivity index is 1.26. The molecule has 2 heterocycles. The average Bonchev–Trinajstić information content (AvgIpc) is 3.67. The van der Waals surface area contributed by atoms with Crippen LogP contribution < -0.4 is 9.47 Å². The number of aromatic hydroxyl groups is 1. The lowest BCUT2D eigenvalue weighted by molar-refractivity contribution is -0.135. The van der Waals surface area contributed by atoms with E-state index < -0.39 is 5.97 Å². The van der Waals surface area contributed by atoms with Crippen LogP contribution in [-0.2, 0) is 21.4 Å². The minimum Gasteiger partial charge on any atom is -0.508 e. The Kier molecular flexibility index (Phi) is 6.00. The molecule has 40 heavy (non-hydrogen) atoms. The lowest BCUT2D eigenvalue weighted by Crippen LogP contribution is -2.69. The zero-order chi connectivity index (χ0) is 27.8. The Labute approximate surface area is 235 Å². The van der Waals surface area contributed by atoms with E-state index in [0.29, 0.717) is 17.7 Å². The van der Waals surface area contributed by atoms with Crippen LogP contribution in [0, 0.1) is 18.8 Å². The van der Waals surface area contributed by atoms with Crippen LogP contribution >= 0.6 is 0 Å². The first-order chi connectivity index (χ1) is 19.3. The maximum atomic E-state index is 13.5. The van der Waals surface area contributed by atoms with Gasteiger partial charge in [-0.3, -0.25) is 14.5 Å². The molecule has 0 radical (unpaired) electrons. The summed E-state index contributed by atoms with van der Waals surface area (Å²) in [6.07, 6.45) is 9.43. The Hall–Kier alpha value is -3.32. The summed E-state index contributed by atoms with van der Waals surface area (Å²) in [4.78, 5) is 30.0. The molecule has 2 aliphatic heterocycles. The number of hydrogen-bond donors (Lipinski definition) is 1. The van der Waals surface area contributed by atoms with Gasteiger partial charge in [-0.15, -0.1) is 0 Å². The van der Waals surface area contributed by atoms with Crippen LogP contribution in [0.25, 0.3) is 6.08 Å². The number of nitrogens with zero attached hydrogens (tertiary/aromatic N) is 2. The molecule has 3 aliphatic carbocycles. The van der Waals surface area contributed by atoms with Crippen molar-refractivity contribution in [2.75, 3.05) is 20.1 Å². The normalized spacial score (nSPS) is 30.1. The number of hydrogen-bond acceptors (Lipinski definition) is 6. The Morgan fingerprint density at radius 1 is 1.23 bits per heavy atom. The van der Waals surface area contributed by atoms with Gasteiger partial charge in [0.1, 0.15) is 11.9 Å². The second-order valence-corrected chi connectivity index (χ2v) is 12.7. The molecule has 2 bridgehead atoms. The fraction of sp³-hybridized carbons (Fsp3) is 0.515. The molecule has 2 aromatic rings. The molecule has 7 nitrogen and oxygen atoms in total. The lowest BCUT2D eigenvalue weighted by atomic mass is 9.50. The standard InChI is InChI=1S/C33H38N2O5/c1-19-5-4-6-21(15-19)9-12-29(38)34(3)25-11-10-24-26-16-23-27(37)17-28(39-20(2)36)31-30(23)33(24,32(25)40-31)13-14-35(26)18-22-7-8-22/h4-6,9,12,15,17,22,24-26,32,37H,7-8,10-11,13-14,16,18H2,1-3H3/t24-,25+,26+,32-,33-/m0/s1. The SMILES string of the molecule is CC(=O)Oc1cc(O)c2c3c1O[C@H]1[C@H](N(C)C(=O)C=Cc4cccc(C)c4)CC[C@H]4[C@@H](C2)N(CC2CC2)CC[C@@]341. The van der Waals surface area contributed by atoms with Crippen molar-refractivity contribution in [1.82, 2.24) is 9.80 Å². The highest BCUT2D eigenvalue weighted by Crippen LogP contribution is 2.65. The quantitative estimate of drug-likeness (QED) is 0.326. The Morgan fingerprint density at radius 2 is 2.05 bits per heavy atom. The number of aryl methyl sites for hydroxylation is 1. The van der Waals surface area contributed by atoms with Gasteiger partial charge in [0, 0.05) is 55.2 Å². The molecule has 0 unspecified atom stereocenters. The van der Waals surface area contributed by atoms with Crippen molar-refractivity contribution in [1.29, 1.82) is 0 Å². The summed E-state index contributed by atoms with van der Waals surface area (Å²) in [5, 5.41) is 11.2. The maximum absolute atomic E-state index is 13.5. The number of carbonyl (C=O) groups excluding carboxylic acids is 2. The molecular weight excluding hydrogens is 504 g/mol. The van der Waals surface area contributed by atoms with Crippen molar-refractivity contribution >= 4 is 18.0 Å². The van der Waals surface area contributed by atoms with Gasteiger partial charge in [0.05, 0.1) is 6.04 Å². The van der Waals surface area contributed by atoms with Crippen LogP contribution in [0.2, 0.25) is 0 Å². The van der Waals surface area contributed by atoms with Gasteiger partial charge in [0.25, 0.3) is 0 Å². The summed E-state index contributed by atoms with van der Waals surface area (Å²) in [6.45, 7) is 5.52. The summed E-state index contributed by atoms with van der Waals surface area (Å²) in [5.41, 5.74) is 3.79. The van der Waals surface area contributed by atoms with Gasteiger partial charge in [-0.1, -0.05) is 29.8 Å². The van der Waals surface area contributed by atoms with Crippen molar-refractivity contribution < 1.29 is 24.2 Å². The van der Waals surface area contributed by atoms with E-state index in [1.54, 1.807) is 12.1 Å². The number of piperidine rings is 1. The molecule has 7 rings (SSSR count). The van der Waals surface area contributed by atoms with E-state index >= 15 is 0 Å². The smallest absolute Gasteiger partial charge is 0.308 e. The van der Waals surface area contributed by atoms with Gasteiger partial charge in [0.15, 0.2) is 11.5 Å². The van der Waals surface area contributed by atoms with E-state index in [2.05, 4.69) is 11.0 Å². The topological polar surface area (TPSA) is 79.3 Å². The zero-order valence-electron chi connectivity index (χ0n) is 23.6. The van der Waals surface area contributed by atoms with E-state index in [4.69, 9.17) is 9.47 Å². The van der Waals surface area contributed by atoms with Gasteiger partial charge in [-0.05, 0) is 75.5 Å². The molecular formula is C33H38N2O5. The molecule has 1 spiro atoms. The second-order valence-electron chi connectivity index (χ2n) is 12.7. The monoisotopic (exact) mass is 542 g/mol. The van der Waals surface area contributed by atoms with E-state index in [1.807, 2.05) is 43.1 Å². The highest BCUT2D eigenvalue weighted by Gasteiger charge is 2.67. The predicted molar refractivity (Wildman–Crippen MR) is 151 cm³/mol. The van der Waals surface area contributed by atoms with Gasteiger partial charge >= 0.3 is 5.97 Å². The number of rotatable bonds is 6. The van der Waals surface area contributed by atoms with Crippen molar-refractivity contribution in [3.05, 3.63) is 58.7 Å². The van der Waals surface area contributed by atoms with E-state index in [0.717, 1.165) is 66.9 Å². The summed E-state index contributed by atoms with van der Waals surface area (Å²) >= 11 is 0. The van der Waals surface area contributed by atoms with Crippen molar-refractivity contribution in [3.8, 4) is 17.2 Å². The first-order valence-corrected chi connectivity index (χ1v) is 14.8. The average molecular weight is 543 g/mol. The fourth-order valence-corrected chi connectivity index (χ4v) is 8.36. The number of carbonyl (C=O) groups is 2. The summed E-state index contributed by atoms with van der Waals surface area (Å²) in [7, 11) is 1.88. The van der Waals surface area contributed by atoms with Crippen molar-refractivity contribution in [3.63, 3.8) is 0 Å². The van der Waals surface area contributed by atoms with Crippen LogP contribution in [-0.4, -0.2) is 65.1 Å². The lowest BCUT2D eigenvalue weighted by Gasteiger charge is -2.60. The minimum atomic E-state index is -0.443. The van der Waals surface area contributed by atoms with E-state index in [9.17, 15) is 14.7 Å². The van der Waals surface area contributed by atoms with Crippen LogP contribution in [0.4, 0.5) is 0 Å². The fourth-order valence-electron chi connectivity index (χ4n) is 8.36. The maximum Gasteiger partial charge on any atom is 0.308 e. The Morgan fingerprint density at radius 3 is 2.80 bits per heavy atom. The van der Waals surface area contributed by atoms with Gasteiger partial charge in [0.2, 0.25) is 5.91 Å². The van der Waals surface area contributed by atoms with Crippen LogP contribution in [0.15, 0.2) is 36.4 Å². The number of phenols is 1. The number of ether oxygens (including phenoxy) is 2. The first kappa shape index (κ1) is 25.6. The molecule has 5 aliphatic rings. The molecule has 2 aromatic carbocycles. The molecule has 7 heteroatoms. The zero-order valence-corrected chi connectivity index (χ0v) is 23.6. The molecule has 0 aromatic heterocycles. The molecule has 210 valence electrons. The largest absolute Gasteiger partial charge is 0.508 e. The summed E-state index contributed by atoms with van der Waals surface area (Å²) in [6, 6.07) is 9.86. The van der Waals surface area contributed by atoms with Crippen molar-refractivity contribution in [2.45, 2.75) is 76.0 Å². The van der Waals surface area contributed by atoms with Gasteiger partial charge < -0.3 is 19.5 Å². The number of likely N-dealkylation sites (N-methyl/N-ethyl adjacent to an activating group) is 1. The molecule has 1 amide bonds. The number of likely N-dealkylation sites (tertiary alicyclic amines) is 1. The predicted octanol–water partition coefficient (Wildman–Crippen LogP) is 4.62. The third-order valence-electron chi connectivity index (χ3n) is 10.2. The van der Waals surface area contributed by atoms with E-state index in [-0.39, 0.29) is 35.0 Å². The molecule has 5 atom stereocenters. The molecule has 1 saturated heterocycles. The Bertz CT molecular complexity index is 1410. The summed E-state index contributed by atoms with van der Waals surface area (Å²) < 4.78 is 12.4. The number of amides is 1. The van der Waals surface area contributed by atoms with Crippen LogP contribution in [0.5, 0.6) is 17.2 Å². The van der Waals surface area contributed by atoms with Crippen LogP contribution in [0.3, 0.4) is 0 Å². The molecule has 1 N–H and O–H groups in total. The first-order valence-electron chi connectivity index (χ1n) is 14.8. The van der Waals surface area contributed by atoms with Crippen molar-refractivity contribution in [2.24, 2.45) is 11.8 Å². The molecule has 3 fully saturated rings. The third-order valence-corrected chi connectivity index (χ3v) is 10.2. The minimum absolute atomic E-state index is 0.0530. The third kappa shape index (κ3) is 3.96. The number of benzene rings is 2. The van der Waals surface area contributed by atoms with Gasteiger partial charge in [-0.2, -0.15) is 0 Å². The van der Waals surface area contributed by atoms with E-state index in [1.165, 1.54) is 19.8 Å². The number of phenolic OH excluding ortho intramolecular Hbond substituents is 1. The van der Waals surface area contributed by atoms with Gasteiger partial charge in [-0.25, -0.2) is 0 Å². The molecule has 2 saturated carbocycles. The highest BCUT2D eigenvalue weighted by atomic mass is 16.6. The summed E-state index contributed by atoms with van der Waals surface area (Å²) in [5.74, 6) is 1.73. The van der Waals surface area contributed by atoms with Crippen LogP contribution in [0.1, 0.15) is 61.3 Å². The second kappa shape index (κ2) is 9.37. The highest BCUT2D eigenvalue weighted by molar-refractivity contribution is 5.92.